The molecular weight excluding hydrogens is 248 g/mol. The van der Waals surface area contributed by atoms with Gasteiger partial charge in [0.1, 0.15) is 5.84 Å². The number of hydrogen-bond acceptors (Lipinski definition) is 3. The third kappa shape index (κ3) is 2.12. The number of nitrogen functional groups attached to an aromatic ring is 2. The Kier molecular flexibility index (Phi) is 2.91. The van der Waals surface area contributed by atoms with E-state index in [1.807, 2.05) is 36.4 Å². The average molecular weight is 264 g/mol. The molecule has 0 spiro atoms. The third-order valence-corrected chi connectivity index (χ3v) is 3.46. The van der Waals surface area contributed by atoms with Crippen LogP contribution in [-0.4, -0.2) is 12.4 Å². The quantitative estimate of drug-likeness (QED) is 0.382. The predicted octanol–water partition coefficient (Wildman–Crippen LogP) is 2.52. The Morgan fingerprint density at radius 3 is 2.60 bits per heavy atom. The molecule has 3 rings (SSSR count). The van der Waals surface area contributed by atoms with Crippen LogP contribution in [0.1, 0.15) is 16.7 Å². The summed E-state index contributed by atoms with van der Waals surface area (Å²) in [5, 5.41) is 10.7. The van der Waals surface area contributed by atoms with Gasteiger partial charge in [0, 0.05) is 17.7 Å². The van der Waals surface area contributed by atoms with Crippen LogP contribution in [0.4, 0.5) is 11.4 Å². The summed E-state index contributed by atoms with van der Waals surface area (Å²) in [6.45, 7) is 0.776. The Morgan fingerprint density at radius 1 is 1.15 bits per heavy atom. The number of nitrogens with one attached hydrogen (secondary N) is 2. The van der Waals surface area contributed by atoms with Crippen LogP contribution in [0, 0.1) is 5.41 Å². The van der Waals surface area contributed by atoms with Crippen molar-refractivity contribution in [1.29, 1.82) is 5.41 Å². The number of benzene rings is 2. The standard InChI is InChI=1S/C16H16N4/c17-14-3-1-2-13-12(9-20-15(13)14)8-10-4-6-11(7-5-10)16(18)19/h1-8,20H,9,17H2,(H3,18,19). The second kappa shape index (κ2) is 4.74. The Bertz CT molecular complexity index is 699. The first kappa shape index (κ1) is 12.3. The number of anilines is 2. The second-order valence-corrected chi connectivity index (χ2v) is 4.83. The van der Waals surface area contributed by atoms with Crippen molar-refractivity contribution in [3.8, 4) is 0 Å². The van der Waals surface area contributed by atoms with Crippen LogP contribution in [0.2, 0.25) is 0 Å². The van der Waals surface area contributed by atoms with Crippen LogP contribution in [0.15, 0.2) is 42.5 Å². The van der Waals surface area contributed by atoms with Crippen LogP contribution in [0.25, 0.3) is 11.6 Å². The van der Waals surface area contributed by atoms with Gasteiger partial charge in [0.2, 0.25) is 0 Å². The highest BCUT2D eigenvalue weighted by Crippen LogP contribution is 2.35. The number of para-hydroxylation sites is 1. The van der Waals surface area contributed by atoms with Crippen LogP contribution < -0.4 is 16.8 Å². The summed E-state index contributed by atoms with van der Waals surface area (Å²) >= 11 is 0. The van der Waals surface area contributed by atoms with Crippen LogP contribution in [-0.2, 0) is 0 Å². The van der Waals surface area contributed by atoms with Crippen LogP contribution >= 0.6 is 0 Å². The molecule has 2 aromatic rings. The van der Waals surface area contributed by atoms with Crippen molar-refractivity contribution in [2.45, 2.75) is 0 Å². The number of rotatable bonds is 2. The van der Waals surface area contributed by atoms with Gasteiger partial charge >= 0.3 is 0 Å². The van der Waals surface area contributed by atoms with Gasteiger partial charge in [-0.2, -0.15) is 0 Å². The number of fused-ring (bicyclic) bond motifs is 1. The predicted molar refractivity (Wildman–Crippen MR) is 84.7 cm³/mol. The van der Waals surface area contributed by atoms with Crippen molar-refractivity contribution >= 4 is 28.9 Å². The van der Waals surface area contributed by atoms with E-state index in [1.165, 1.54) is 5.57 Å². The summed E-state index contributed by atoms with van der Waals surface area (Å²) in [4.78, 5) is 0. The third-order valence-electron chi connectivity index (χ3n) is 3.46. The Hall–Kier alpha value is -2.75. The molecule has 1 aliphatic heterocycles. The lowest BCUT2D eigenvalue weighted by Crippen LogP contribution is -2.10. The molecule has 0 saturated carbocycles. The molecule has 0 aromatic heterocycles. The molecule has 4 nitrogen and oxygen atoms in total. The summed E-state index contributed by atoms with van der Waals surface area (Å²) in [7, 11) is 0. The molecule has 2 aromatic carbocycles. The summed E-state index contributed by atoms with van der Waals surface area (Å²) < 4.78 is 0. The Balaban J connectivity index is 1.95. The normalized spacial score (nSPS) is 14.9. The zero-order valence-corrected chi connectivity index (χ0v) is 11.0. The fourth-order valence-electron chi connectivity index (χ4n) is 2.40. The van der Waals surface area contributed by atoms with E-state index in [1.54, 1.807) is 0 Å². The first-order valence-corrected chi connectivity index (χ1v) is 6.43. The minimum absolute atomic E-state index is 0.0878. The molecule has 6 N–H and O–H groups in total. The van der Waals surface area contributed by atoms with Gasteiger partial charge in [-0.25, -0.2) is 0 Å². The summed E-state index contributed by atoms with van der Waals surface area (Å²) in [5.74, 6) is 0.0878. The van der Waals surface area contributed by atoms with E-state index < -0.39 is 0 Å². The summed E-state index contributed by atoms with van der Waals surface area (Å²) in [5.41, 5.74) is 17.4. The van der Waals surface area contributed by atoms with E-state index >= 15 is 0 Å². The zero-order chi connectivity index (χ0) is 14.1. The van der Waals surface area contributed by atoms with Crippen molar-refractivity contribution in [1.82, 2.24) is 0 Å². The molecule has 0 amide bonds. The van der Waals surface area contributed by atoms with Crippen molar-refractivity contribution in [3.05, 3.63) is 59.2 Å². The lowest BCUT2D eigenvalue weighted by molar-refractivity contribution is 1.42. The molecule has 100 valence electrons. The number of amidine groups is 1. The number of nitrogens with two attached hydrogens (primary N) is 2. The fourth-order valence-corrected chi connectivity index (χ4v) is 2.40. The van der Waals surface area contributed by atoms with E-state index in [0.29, 0.717) is 0 Å². The maximum Gasteiger partial charge on any atom is 0.122 e. The highest BCUT2D eigenvalue weighted by Gasteiger charge is 2.17. The lowest BCUT2D eigenvalue weighted by Gasteiger charge is -2.03. The molecule has 0 bridgehead atoms. The van der Waals surface area contributed by atoms with E-state index in [2.05, 4.69) is 17.5 Å². The van der Waals surface area contributed by atoms with Gasteiger partial charge in [-0.3, -0.25) is 5.41 Å². The van der Waals surface area contributed by atoms with Gasteiger partial charge < -0.3 is 16.8 Å². The highest BCUT2D eigenvalue weighted by molar-refractivity contribution is 5.97. The van der Waals surface area contributed by atoms with Gasteiger partial charge in [0.15, 0.2) is 0 Å². The minimum atomic E-state index is 0.0878. The average Bonchev–Trinajstić information content (AvgIpc) is 2.84. The van der Waals surface area contributed by atoms with E-state index in [4.69, 9.17) is 16.9 Å². The van der Waals surface area contributed by atoms with Gasteiger partial charge in [-0.1, -0.05) is 36.4 Å². The van der Waals surface area contributed by atoms with Crippen molar-refractivity contribution in [3.63, 3.8) is 0 Å². The second-order valence-electron chi connectivity index (χ2n) is 4.83. The highest BCUT2D eigenvalue weighted by atomic mass is 14.9. The van der Waals surface area contributed by atoms with Crippen LogP contribution in [0.5, 0.6) is 0 Å². The van der Waals surface area contributed by atoms with Gasteiger partial charge in [0.25, 0.3) is 0 Å². The van der Waals surface area contributed by atoms with Crippen molar-refractivity contribution in [2.24, 2.45) is 5.73 Å². The fraction of sp³-hybridized carbons (Fsp3) is 0.0625. The first-order valence-electron chi connectivity index (χ1n) is 6.43. The molecule has 0 radical (unpaired) electrons. The van der Waals surface area contributed by atoms with Gasteiger partial charge in [-0.05, 0) is 23.3 Å². The van der Waals surface area contributed by atoms with Gasteiger partial charge in [0.05, 0.1) is 11.4 Å². The zero-order valence-electron chi connectivity index (χ0n) is 11.0. The number of hydrogen-bond donors (Lipinski definition) is 4. The lowest BCUT2D eigenvalue weighted by atomic mass is 10.0. The molecule has 4 heteroatoms. The molecule has 1 heterocycles. The van der Waals surface area contributed by atoms with E-state index in [9.17, 15) is 0 Å². The largest absolute Gasteiger partial charge is 0.397 e. The monoisotopic (exact) mass is 264 g/mol. The molecule has 0 saturated heterocycles. The van der Waals surface area contributed by atoms with Crippen molar-refractivity contribution in [2.75, 3.05) is 17.6 Å². The molecule has 0 aliphatic carbocycles. The molecule has 1 aliphatic rings. The molecule has 20 heavy (non-hydrogen) atoms. The topological polar surface area (TPSA) is 87.9 Å². The summed E-state index contributed by atoms with van der Waals surface area (Å²) in [6, 6.07) is 13.6. The Morgan fingerprint density at radius 2 is 1.90 bits per heavy atom. The van der Waals surface area contributed by atoms with Crippen molar-refractivity contribution < 1.29 is 0 Å². The maximum absolute atomic E-state index is 7.39. The minimum Gasteiger partial charge on any atom is -0.397 e. The SMILES string of the molecule is N=C(N)c1ccc(C=C2CNc3c(N)cccc32)cc1. The maximum atomic E-state index is 7.39. The smallest absolute Gasteiger partial charge is 0.122 e. The molecular formula is C16H16N4. The van der Waals surface area contributed by atoms with E-state index in [-0.39, 0.29) is 5.84 Å². The van der Waals surface area contributed by atoms with Gasteiger partial charge in [-0.15, -0.1) is 0 Å². The van der Waals surface area contributed by atoms with E-state index in [0.717, 1.165) is 34.6 Å². The molecule has 0 atom stereocenters. The molecule has 0 unspecified atom stereocenters. The van der Waals surface area contributed by atoms with Crippen LogP contribution in [0.3, 0.4) is 0 Å². The summed E-state index contributed by atoms with van der Waals surface area (Å²) in [6.07, 6.45) is 2.13. The Labute approximate surface area is 117 Å². The first-order chi connectivity index (χ1) is 9.65. The molecule has 0 fully saturated rings.